The van der Waals surface area contributed by atoms with E-state index in [9.17, 15) is 4.79 Å². The van der Waals surface area contributed by atoms with E-state index in [1.54, 1.807) is 0 Å². The molecule has 1 amide bonds. The number of fused-ring (bicyclic) bond motifs is 1. The summed E-state index contributed by atoms with van der Waals surface area (Å²) < 4.78 is 0. The number of hydrogen-bond donors (Lipinski definition) is 3. The Balaban J connectivity index is 1.96. The molecule has 5 heteroatoms. The molecule has 1 aromatic heterocycles. The van der Waals surface area contributed by atoms with E-state index in [0.29, 0.717) is 0 Å². The third kappa shape index (κ3) is 3.04. The summed E-state index contributed by atoms with van der Waals surface area (Å²) in [5.74, 6) is 0.591. The number of imidazole rings is 1. The molecule has 4 N–H and O–H groups in total. The van der Waals surface area contributed by atoms with Gasteiger partial charge in [0.2, 0.25) is 5.91 Å². The number of nitrogens with two attached hydrogens (primary N) is 1. The average Bonchev–Trinajstić information content (AvgIpc) is 2.63. The van der Waals surface area contributed by atoms with Crippen LogP contribution in [0.4, 0.5) is 0 Å². The van der Waals surface area contributed by atoms with Gasteiger partial charge in [-0.05, 0) is 37.6 Å². The molecule has 5 nitrogen and oxygen atoms in total. The molecule has 1 aromatic carbocycles. The molecule has 0 aliphatic rings. The van der Waals surface area contributed by atoms with E-state index < -0.39 is 0 Å². The maximum absolute atomic E-state index is 10.5. The molecule has 0 radical (unpaired) electrons. The molecule has 17 heavy (non-hydrogen) atoms. The van der Waals surface area contributed by atoms with Crippen LogP contribution in [-0.2, 0) is 11.2 Å². The Labute approximate surface area is 99.4 Å². The van der Waals surface area contributed by atoms with Gasteiger partial charge in [0.1, 0.15) is 5.82 Å². The molecule has 0 saturated carbocycles. The highest BCUT2D eigenvalue weighted by Gasteiger charge is 2.01. The number of carbonyl (C=O) groups excluding carboxylic acids is 1. The summed E-state index contributed by atoms with van der Waals surface area (Å²) >= 11 is 0. The van der Waals surface area contributed by atoms with E-state index >= 15 is 0 Å². The van der Waals surface area contributed by atoms with Gasteiger partial charge in [-0.25, -0.2) is 4.98 Å². The molecule has 1 heterocycles. The fourth-order valence-corrected chi connectivity index (χ4v) is 1.78. The van der Waals surface area contributed by atoms with Crippen molar-refractivity contribution in [1.82, 2.24) is 15.3 Å². The van der Waals surface area contributed by atoms with Crippen molar-refractivity contribution in [2.24, 2.45) is 5.73 Å². The van der Waals surface area contributed by atoms with Crippen molar-refractivity contribution in [3.63, 3.8) is 0 Å². The van der Waals surface area contributed by atoms with Gasteiger partial charge in [-0.1, -0.05) is 6.07 Å². The molecule has 0 saturated heterocycles. The molecule has 0 aliphatic carbocycles. The van der Waals surface area contributed by atoms with Gasteiger partial charge in [-0.15, -0.1) is 0 Å². The van der Waals surface area contributed by atoms with Crippen molar-refractivity contribution in [3.8, 4) is 0 Å². The highest BCUT2D eigenvalue weighted by molar-refractivity contribution is 5.76. The number of H-pyrrole nitrogens is 1. The molecule has 0 spiro atoms. The van der Waals surface area contributed by atoms with E-state index in [4.69, 9.17) is 5.73 Å². The second-order valence-electron chi connectivity index (χ2n) is 4.07. The zero-order valence-electron chi connectivity index (χ0n) is 9.79. The topological polar surface area (TPSA) is 83.8 Å². The fourth-order valence-electron chi connectivity index (χ4n) is 1.78. The van der Waals surface area contributed by atoms with Crippen molar-refractivity contribution < 1.29 is 4.79 Å². The van der Waals surface area contributed by atoms with Gasteiger partial charge in [0.25, 0.3) is 0 Å². The molecule has 2 aromatic rings. The number of rotatable bonds is 5. The Bertz CT molecular complexity index is 532. The standard InChI is InChI=1S/C12H16N4O/c1-8-15-10-3-2-9(6-11(10)16-8)4-5-14-7-12(13)17/h2-3,6,14H,4-5,7H2,1H3,(H2,13,17)(H,15,16). The Kier molecular flexibility index (Phi) is 3.39. The van der Waals surface area contributed by atoms with Crippen LogP contribution in [0.3, 0.4) is 0 Å². The minimum Gasteiger partial charge on any atom is -0.369 e. The van der Waals surface area contributed by atoms with Crippen molar-refractivity contribution in [2.75, 3.05) is 13.1 Å². The van der Waals surface area contributed by atoms with Gasteiger partial charge in [0, 0.05) is 0 Å². The maximum atomic E-state index is 10.5. The molecule has 2 rings (SSSR count). The predicted octanol–water partition coefficient (Wildman–Crippen LogP) is 0.489. The molecule has 0 aliphatic heterocycles. The van der Waals surface area contributed by atoms with Gasteiger partial charge >= 0.3 is 0 Å². The number of hydrogen-bond acceptors (Lipinski definition) is 3. The predicted molar refractivity (Wildman–Crippen MR) is 66.6 cm³/mol. The number of carbonyl (C=O) groups is 1. The van der Waals surface area contributed by atoms with E-state index in [-0.39, 0.29) is 12.5 Å². The zero-order valence-corrected chi connectivity index (χ0v) is 9.79. The lowest BCUT2D eigenvalue weighted by molar-refractivity contribution is -0.117. The first-order valence-electron chi connectivity index (χ1n) is 5.59. The van der Waals surface area contributed by atoms with E-state index in [0.717, 1.165) is 29.8 Å². The molecule has 0 bridgehead atoms. The van der Waals surface area contributed by atoms with E-state index in [1.807, 2.05) is 13.0 Å². The lowest BCUT2D eigenvalue weighted by atomic mass is 10.1. The van der Waals surface area contributed by atoms with E-state index in [1.165, 1.54) is 5.56 Å². The summed E-state index contributed by atoms with van der Waals surface area (Å²) in [4.78, 5) is 18.1. The molecular weight excluding hydrogens is 216 g/mol. The maximum Gasteiger partial charge on any atom is 0.231 e. The van der Waals surface area contributed by atoms with Crippen molar-refractivity contribution in [1.29, 1.82) is 0 Å². The summed E-state index contributed by atoms with van der Waals surface area (Å²) in [6.07, 6.45) is 0.862. The summed E-state index contributed by atoms with van der Waals surface area (Å²) in [7, 11) is 0. The molecular formula is C12H16N4O. The number of aryl methyl sites for hydroxylation is 1. The van der Waals surface area contributed by atoms with Crippen LogP contribution >= 0.6 is 0 Å². The van der Waals surface area contributed by atoms with Gasteiger partial charge in [-0.2, -0.15) is 0 Å². The molecule has 0 fully saturated rings. The Morgan fingerprint density at radius 1 is 1.53 bits per heavy atom. The number of nitrogens with one attached hydrogen (secondary N) is 2. The Morgan fingerprint density at radius 2 is 2.35 bits per heavy atom. The Hall–Kier alpha value is -1.88. The van der Waals surface area contributed by atoms with Gasteiger partial charge < -0.3 is 16.0 Å². The third-order valence-corrected chi connectivity index (χ3v) is 2.55. The lowest BCUT2D eigenvalue weighted by Crippen LogP contribution is -2.29. The first-order chi connectivity index (χ1) is 8.15. The van der Waals surface area contributed by atoms with Crippen LogP contribution in [0.1, 0.15) is 11.4 Å². The first kappa shape index (κ1) is 11.6. The summed E-state index contributed by atoms with van der Waals surface area (Å²) in [5, 5.41) is 2.99. The highest BCUT2D eigenvalue weighted by Crippen LogP contribution is 2.13. The average molecular weight is 232 g/mol. The van der Waals surface area contributed by atoms with Crippen molar-refractivity contribution >= 4 is 16.9 Å². The summed E-state index contributed by atoms with van der Waals surface area (Å²) in [6, 6.07) is 6.14. The molecule has 0 atom stereocenters. The lowest BCUT2D eigenvalue weighted by Gasteiger charge is -2.02. The number of nitrogens with zero attached hydrogens (tertiary/aromatic N) is 1. The largest absolute Gasteiger partial charge is 0.369 e. The number of aromatic amines is 1. The van der Waals surface area contributed by atoms with E-state index in [2.05, 4.69) is 27.4 Å². The van der Waals surface area contributed by atoms with Crippen LogP contribution in [0.15, 0.2) is 18.2 Å². The smallest absolute Gasteiger partial charge is 0.231 e. The summed E-state index contributed by atoms with van der Waals surface area (Å²) in [6.45, 7) is 2.90. The van der Waals surface area contributed by atoms with Crippen LogP contribution in [0.25, 0.3) is 11.0 Å². The monoisotopic (exact) mass is 232 g/mol. The minimum absolute atomic E-state index is 0.228. The van der Waals surface area contributed by atoms with Crippen molar-refractivity contribution in [3.05, 3.63) is 29.6 Å². The number of benzene rings is 1. The molecule has 0 unspecified atom stereocenters. The van der Waals surface area contributed by atoms with Gasteiger partial charge in [0.05, 0.1) is 17.6 Å². The highest BCUT2D eigenvalue weighted by atomic mass is 16.1. The third-order valence-electron chi connectivity index (χ3n) is 2.55. The first-order valence-corrected chi connectivity index (χ1v) is 5.59. The van der Waals surface area contributed by atoms with Crippen LogP contribution in [-0.4, -0.2) is 29.0 Å². The summed E-state index contributed by atoms with van der Waals surface area (Å²) in [5.41, 5.74) is 8.27. The Morgan fingerprint density at radius 3 is 3.12 bits per heavy atom. The van der Waals surface area contributed by atoms with Gasteiger partial charge in [-0.3, -0.25) is 4.79 Å². The second kappa shape index (κ2) is 4.97. The van der Waals surface area contributed by atoms with Crippen LogP contribution < -0.4 is 11.1 Å². The van der Waals surface area contributed by atoms with Crippen LogP contribution in [0.2, 0.25) is 0 Å². The fraction of sp³-hybridized carbons (Fsp3) is 0.333. The number of aromatic nitrogens is 2. The van der Waals surface area contributed by atoms with Crippen LogP contribution in [0, 0.1) is 6.92 Å². The van der Waals surface area contributed by atoms with Crippen LogP contribution in [0.5, 0.6) is 0 Å². The normalized spacial score (nSPS) is 10.9. The van der Waals surface area contributed by atoms with Crippen molar-refractivity contribution in [2.45, 2.75) is 13.3 Å². The minimum atomic E-state index is -0.329. The quantitative estimate of drug-likeness (QED) is 0.656. The number of amides is 1. The number of primary amides is 1. The second-order valence-corrected chi connectivity index (χ2v) is 4.07. The molecule has 90 valence electrons. The zero-order chi connectivity index (χ0) is 12.3. The van der Waals surface area contributed by atoms with Gasteiger partial charge in [0.15, 0.2) is 0 Å². The SMILES string of the molecule is Cc1nc2ccc(CCNCC(N)=O)cc2[nH]1.